The van der Waals surface area contributed by atoms with E-state index in [1.54, 1.807) is 0 Å². The van der Waals surface area contributed by atoms with Crippen molar-refractivity contribution in [2.24, 2.45) is 0 Å². The summed E-state index contributed by atoms with van der Waals surface area (Å²) in [6.07, 6.45) is 1.63. The lowest BCUT2D eigenvalue weighted by molar-refractivity contribution is 0.0258. The van der Waals surface area contributed by atoms with Crippen LogP contribution in [0, 0.1) is 6.92 Å². The van der Waals surface area contributed by atoms with Crippen molar-refractivity contribution in [2.75, 3.05) is 13.6 Å². The second kappa shape index (κ2) is 5.63. The third-order valence-electron chi connectivity index (χ3n) is 4.74. The quantitative estimate of drug-likeness (QED) is 0.903. The predicted octanol–water partition coefficient (Wildman–Crippen LogP) is 2.83. The monoisotopic (exact) mass is 281 g/mol. The first-order valence-corrected chi connectivity index (χ1v) is 7.63. The molecule has 2 aromatic rings. The second-order valence-corrected chi connectivity index (χ2v) is 6.19. The summed E-state index contributed by atoms with van der Waals surface area (Å²) in [5.41, 5.74) is 4.52. The lowest BCUT2D eigenvalue weighted by atomic mass is 9.82. The number of aryl methyl sites for hydroxylation is 1. The number of benzene rings is 2. The molecule has 0 spiro atoms. The lowest BCUT2D eigenvalue weighted by Gasteiger charge is -2.31. The third-order valence-corrected chi connectivity index (χ3v) is 4.74. The smallest absolute Gasteiger partial charge is 0.0882 e. The molecular formula is C19H23NO. The molecule has 0 amide bonds. The molecule has 0 fully saturated rings. The Balaban J connectivity index is 1.98. The Morgan fingerprint density at radius 3 is 2.62 bits per heavy atom. The van der Waals surface area contributed by atoms with Crippen molar-refractivity contribution in [3.8, 4) is 0 Å². The van der Waals surface area contributed by atoms with Crippen LogP contribution in [0.2, 0.25) is 0 Å². The summed E-state index contributed by atoms with van der Waals surface area (Å²) in [7, 11) is 1.91. The number of rotatable bonds is 4. The zero-order chi connectivity index (χ0) is 14.9. The molecular weight excluding hydrogens is 258 g/mol. The molecule has 1 aliphatic carbocycles. The van der Waals surface area contributed by atoms with Crippen LogP contribution in [0.1, 0.15) is 28.2 Å². The van der Waals surface area contributed by atoms with Gasteiger partial charge in [-0.3, -0.25) is 0 Å². The summed E-state index contributed by atoms with van der Waals surface area (Å²) in [6, 6.07) is 16.9. The van der Waals surface area contributed by atoms with Gasteiger partial charge in [0, 0.05) is 18.9 Å². The first-order chi connectivity index (χ1) is 10.1. The van der Waals surface area contributed by atoms with E-state index in [4.69, 9.17) is 0 Å². The fraction of sp³-hybridized carbons (Fsp3) is 0.368. The highest BCUT2D eigenvalue weighted by Crippen LogP contribution is 2.42. The average molecular weight is 281 g/mol. The van der Waals surface area contributed by atoms with Gasteiger partial charge in [-0.2, -0.15) is 0 Å². The molecule has 2 heteroatoms. The number of likely N-dealkylation sites (N-methyl/N-ethyl adjacent to an activating group) is 1. The highest BCUT2D eigenvalue weighted by atomic mass is 16.3. The van der Waals surface area contributed by atoms with Gasteiger partial charge in [0.15, 0.2) is 0 Å². The van der Waals surface area contributed by atoms with E-state index in [1.807, 2.05) is 7.05 Å². The normalized spacial score (nSPS) is 24.0. The maximum absolute atomic E-state index is 11.2. The molecule has 0 bridgehead atoms. The van der Waals surface area contributed by atoms with Gasteiger partial charge in [0.2, 0.25) is 0 Å². The Labute approximate surface area is 126 Å². The van der Waals surface area contributed by atoms with E-state index in [2.05, 4.69) is 60.8 Å². The van der Waals surface area contributed by atoms with Crippen LogP contribution in [0.4, 0.5) is 0 Å². The molecule has 0 heterocycles. The third kappa shape index (κ3) is 2.61. The van der Waals surface area contributed by atoms with Crippen LogP contribution >= 0.6 is 0 Å². The maximum Gasteiger partial charge on any atom is 0.0882 e. The predicted molar refractivity (Wildman–Crippen MR) is 86.6 cm³/mol. The summed E-state index contributed by atoms with van der Waals surface area (Å²) >= 11 is 0. The molecule has 2 N–H and O–H groups in total. The Morgan fingerprint density at radius 1 is 1.14 bits per heavy atom. The van der Waals surface area contributed by atoms with Gasteiger partial charge in [-0.1, -0.05) is 48.5 Å². The van der Waals surface area contributed by atoms with Crippen molar-refractivity contribution in [3.63, 3.8) is 0 Å². The Bertz CT molecular complexity index is 637. The molecule has 2 aromatic carbocycles. The van der Waals surface area contributed by atoms with Gasteiger partial charge >= 0.3 is 0 Å². The maximum atomic E-state index is 11.2. The summed E-state index contributed by atoms with van der Waals surface area (Å²) in [5.74, 6) is 0.155. The SMILES string of the molecule is CNCC1(O)Cc2ccccc2C1Cc1ccccc1C. The minimum absolute atomic E-state index is 0.155. The number of fused-ring (bicyclic) bond motifs is 1. The van der Waals surface area contributed by atoms with E-state index < -0.39 is 5.60 Å². The Hall–Kier alpha value is -1.64. The summed E-state index contributed by atoms with van der Waals surface area (Å²) < 4.78 is 0. The highest BCUT2D eigenvalue weighted by molar-refractivity contribution is 5.42. The van der Waals surface area contributed by atoms with Crippen molar-refractivity contribution in [3.05, 3.63) is 70.8 Å². The Kier molecular flexibility index (Phi) is 3.83. The standard InChI is InChI=1S/C19H23NO/c1-14-7-3-4-8-15(14)11-18-17-10-6-5-9-16(17)12-19(18,21)13-20-2/h3-10,18,20-21H,11-13H2,1-2H3. The number of hydrogen-bond acceptors (Lipinski definition) is 2. The van der Waals surface area contributed by atoms with Crippen LogP contribution in [-0.4, -0.2) is 24.3 Å². The zero-order valence-corrected chi connectivity index (χ0v) is 12.8. The number of aliphatic hydroxyl groups is 1. The van der Waals surface area contributed by atoms with E-state index in [-0.39, 0.29) is 5.92 Å². The highest BCUT2D eigenvalue weighted by Gasteiger charge is 2.43. The fourth-order valence-corrected chi connectivity index (χ4v) is 3.63. The number of hydrogen-bond donors (Lipinski definition) is 2. The van der Waals surface area contributed by atoms with Crippen molar-refractivity contribution >= 4 is 0 Å². The second-order valence-electron chi connectivity index (χ2n) is 6.19. The largest absolute Gasteiger partial charge is 0.388 e. The zero-order valence-electron chi connectivity index (χ0n) is 12.8. The van der Waals surface area contributed by atoms with Crippen molar-refractivity contribution in [1.82, 2.24) is 5.32 Å². The lowest BCUT2D eigenvalue weighted by Crippen LogP contribution is -2.43. The van der Waals surface area contributed by atoms with Crippen LogP contribution in [0.5, 0.6) is 0 Å². The summed E-state index contributed by atoms with van der Waals surface area (Å²) in [5, 5.41) is 14.3. The van der Waals surface area contributed by atoms with E-state index in [0.29, 0.717) is 6.54 Å². The van der Waals surface area contributed by atoms with E-state index >= 15 is 0 Å². The Morgan fingerprint density at radius 2 is 1.86 bits per heavy atom. The van der Waals surface area contributed by atoms with Crippen LogP contribution in [0.25, 0.3) is 0 Å². The van der Waals surface area contributed by atoms with Crippen LogP contribution in [0.15, 0.2) is 48.5 Å². The topological polar surface area (TPSA) is 32.3 Å². The summed E-state index contributed by atoms with van der Waals surface area (Å²) in [6.45, 7) is 2.77. The molecule has 110 valence electrons. The average Bonchev–Trinajstić information content (AvgIpc) is 2.74. The van der Waals surface area contributed by atoms with Gasteiger partial charge in [-0.15, -0.1) is 0 Å². The van der Waals surface area contributed by atoms with Gasteiger partial charge < -0.3 is 10.4 Å². The molecule has 2 unspecified atom stereocenters. The summed E-state index contributed by atoms with van der Waals surface area (Å²) in [4.78, 5) is 0. The molecule has 2 nitrogen and oxygen atoms in total. The van der Waals surface area contributed by atoms with Gasteiger partial charge in [0.05, 0.1) is 5.60 Å². The van der Waals surface area contributed by atoms with Crippen LogP contribution < -0.4 is 5.32 Å². The first kappa shape index (κ1) is 14.3. The number of nitrogens with one attached hydrogen (secondary N) is 1. The molecule has 0 radical (unpaired) electrons. The van der Waals surface area contributed by atoms with Crippen molar-refractivity contribution < 1.29 is 5.11 Å². The minimum Gasteiger partial charge on any atom is -0.388 e. The van der Waals surface area contributed by atoms with Gasteiger partial charge in [-0.05, 0) is 42.6 Å². The van der Waals surface area contributed by atoms with Gasteiger partial charge in [0.25, 0.3) is 0 Å². The van der Waals surface area contributed by atoms with Crippen molar-refractivity contribution in [1.29, 1.82) is 0 Å². The molecule has 2 atom stereocenters. The first-order valence-electron chi connectivity index (χ1n) is 7.63. The van der Waals surface area contributed by atoms with Crippen molar-refractivity contribution in [2.45, 2.75) is 31.3 Å². The van der Waals surface area contributed by atoms with Crippen LogP contribution in [-0.2, 0) is 12.8 Å². The molecule has 21 heavy (non-hydrogen) atoms. The molecule has 1 aliphatic rings. The van der Waals surface area contributed by atoms with E-state index in [0.717, 1.165) is 12.8 Å². The molecule has 3 rings (SSSR count). The molecule has 0 aromatic heterocycles. The van der Waals surface area contributed by atoms with E-state index in [9.17, 15) is 5.11 Å². The molecule has 0 saturated carbocycles. The van der Waals surface area contributed by atoms with E-state index in [1.165, 1.54) is 22.3 Å². The van der Waals surface area contributed by atoms with Gasteiger partial charge in [-0.25, -0.2) is 0 Å². The van der Waals surface area contributed by atoms with Gasteiger partial charge in [0.1, 0.15) is 0 Å². The molecule has 0 aliphatic heterocycles. The fourth-order valence-electron chi connectivity index (χ4n) is 3.63. The molecule has 0 saturated heterocycles. The minimum atomic E-state index is -0.694. The van der Waals surface area contributed by atoms with Crippen LogP contribution in [0.3, 0.4) is 0 Å².